The maximum Gasteiger partial charge on any atom is 0.318 e. The molecule has 3 aliphatic rings. The second-order valence-electron chi connectivity index (χ2n) is 9.15. The molecule has 29 heavy (non-hydrogen) atoms. The monoisotopic (exact) mass is 419 g/mol. The highest BCUT2D eigenvalue weighted by molar-refractivity contribution is 7.12. The van der Waals surface area contributed by atoms with Crippen LogP contribution in [0.4, 0.5) is 4.79 Å². The second kappa shape index (κ2) is 8.26. The molecule has 3 heterocycles. The lowest BCUT2D eigenvalue weighted by atomic mass is 9.81. The lowest BCUT2D eigenvalue weighted by Gasteiger charge is -2.48. The number of thiophene rings is 1. The van der Waals surface area contributed by atoms with Crippen LogP contribution in [0.1, 0.15) is 67.6 Å². The van der Waals surface area contributed by atoms with E-state index in [1.165, 1.54) is 11.3 Å². The zero-order valence-corrected chi connectivity index (χ0v) is 18.6. The summed E-state index contributed by atoms with van der Waals surface area (Å²) in [4.78, 5) is 30.6. The first-order chi connectivity index (χ1) is 13.9. The van der Waals surface area contributed by atoms with Crippen molar-refractivity contribution >= 4 is 23.3 Å². The van der Waals surface area contributed by atoms with Crippen molar-refractivity contribution in [2.24, 2.45) is 0 Å². The highest BCUT2D eigenvalue weighted by Gasteiger charge is 2.46. The molecule has 1 saturated carbocycles. The van der Waals surface area contributed by atoms with Crippen LogP contribution in [0.2, 0.25) is 0 Å². The summed E-state index contributed by atoms with van der Waals surface area (Å²) < 4.78 is 6.30. The van der Waals surface area contributed by atoms with E-state index in [1.807, 2.05) is 37.1 Å². The van der Waals surface area contributed by atoms with Crippen LogP contribution in [0.15, 0.2) is 11.4 Å². The van der Waals surface area contributed by atoms with Gasteiger partial charge in [-0.3, -0.25) is 4.79 Å². The van der Waals surface area contributed by atoms with E-state index in [9.17, 15) is 9.59 Å². The summed E-state index contributed by atoms with van der Waals surface area (Å²) in [5.74, 6) is 0.149. The van der Waals surface area contributed by atoms with E-state index in [0.717, 1.165) is 62.1 Å². The predicted molar refractivity (Wildman–Crippen MR) is 114 cm³/mol. The van der Waals surface area contributed by atoms with Gasteiger partial charge in [0.25, 0.3) is 5.91 Å². The Labute approximate surface area is 177 Å². The first kappa shape index (κ1) is 20.7. The van der Waals surface area contributed by atoms with E-state index >= 15 is 0 Å². The highest BCUT2D eigenvalue weighted by atomic mass is 32.1. The molecule has 1 unspecified atom stereocenters. The highest BCUT2D eigenvalue weighted by Crippen LogP contribution is 2.40. The molecule has 4 rings (SSSR count). The molecule has 3 amide bonds. The molecule has 1 atom stereocenters. The van der Waals surface area contributed by atoms with Crippen LogP contribution in [-0.4, -0.2) is 65.2 Å². The molecule has 1 aromatic heterocycles. The number of nitrogens with zero attached hydrogens (tertiary/aromatic N) is 2. The standard InChI is InChI=1S/C22H33N3O3S/c1-15(2)23-21(27)25(17-4-5-17)18-6-12-28-22(14-18)8-10-24(11-9-22)20(26)19-16(3)7-13-29-19/h7,13,15,17-18H,4-6,8-12,14H2,1-3H3,(H,23,27). The third kappa shape index (κ3) is 4.45. The van der Waals surface area contributed by atoms with E-state index < -0.39 is 0 Å². The first-order valence-corrected chi connectivity index (χ1v) is 11.8. The summed E-state index contributed by atoms with van der Waals surface area (Å²) >= 11 is 1.53. The van der Waals surface area contributed by atoms with Crippen LogP contribution in [0.5, 0.6) is 0 Å². The fraction of sp³-hybridized carbons (Fsp3) is 0.727. The molecule has 2 aliphatic heterocycles. The molecule has 0 radical (unpaired) electrons. The lowest BCUT2D eigenvalue weighted by molar-refractivity contribution is -0.126. The Morgan fingerprint density at radius 1 is 1.24 bits per heavy atom. The van der Waals surface area contributed by atoms with Crippen molar-refractivity contribution in [2.75, 3.05) is 19.7 Å². The topological polar surface area (TPSA) is 61.9 Å². The van der Waals surface area contributed by atoms with Gasteiger partial charge in [0, 0.05) is 37.8 Å². The van der Waals surface area contributed by atoms with E-state index in [0.29, 0.717) is 12.6 Å². The minimum atomic E-state index is -0.199. The maximum absolute atomic E-state index is 12.8. The average molecular weight is 420 g/mol. The molecular formula is C22H33N3O3S. The number of amides is 3. The predicted octanol–water partition coefficient (Wildman–Crippen LogP) is 3.79. The molecule has 0 bridgehead atoms. The van der Waals surface area contributed by atoms with Crippen LogP contribution < -0.4 is 5.32 Å². The van der Waals surface area contributed by atoms with Gasteiger partial charge < -0.3 is 19.9 Å². The molecule has 1 spiro atoms. The lowest BCUT2D eigenvalue weighted by Crippen LogP contribution is -2.57. The number of urea groups is 1. The number of aryl methyl sites for hydroxylation is 1. The van der Waals surface area contributed by atoms with E-state index in [4.69, 9.17) is 4.74 Å². The molecule has 1 aromatic rings. The van der Waals surface area contributed by atoms with Crippen LogP contribution in [0.3, 0.4) is 0 Å². The van der Waals surface area contributed by atoms with Gasteiger partial charge in [-0.2, -0.15) is 0 Å². The van der Waals surface area contributed by atoms with Gasteiger partial charge in [-0.25, -0.2) is 4.79 Å². The van der Waals surface area contributed by atoms with Gasteiger partial charge >= 0.3 is 6.03 Å². The van der Waals surface area contributed by atoms with Gasteiger partial charge in [0.2, 0.25) is 0 Å². The van der Waals surface area contributed by atoms with Crippen LogP contribution in [-0.2, 0) is 4.74 Å². The fourth-order valence-electron chi connectivity index (χ4n) is 4.74. The molecule has 0 aromatic carbocycles. The molecule has 7 heteroatoms. The van der Waals surface area contributed by atoms with Crippen molar-refractivity contribution in [2.45, 2.75) is 83.0 Å². The minimum Gasteiger partial charge on any atom is -0.375 e. The van der Waals surface area contributed by atoms with Gasteiger partial charge in [-0.05, 0) is 76.3 Å². The van der Waals surface area contributed by atoms with Crippen molar-refractivity contribution in [3.8, 4) is 0 Å². The van der Waals surface area contributed by atoms with Crippen molar-refractivity contribution in [3.63, 3.8) is 0 Å². The number of hydrogen-bond donors (Lipinski definition) is 1. The van der Waals surface area contributed by atoms with Crippen molar-refractivity contribution in [3.05, 3.63) is 21.9 Å². The van der Waals surface area contributed by atoms with Gasteiger partial charge in [-0.15, -0.1) is 11.3 Å². The normalized spacial score (nSPS) is 24.0. The number of piperidine rings is 1. The third-order valence-corrected chi connectivity index (χ3v) is 7.47. The number of rotatable bonds is 4. The summed E-state index contributed by atoms with van der Waals surface area (Å²) in [6, 6.07) is 2.85. The number of nitrogens with one attached hydrogen (secondary N) is 1. The van der Waals surface area contributed by atoms with Gasteiger partial charge in [0.05, 0.1) is 10.5 Å². The Bertz CT molecular complexity index is 750. The van der Waals surface area contributed by atoms with Crippen molar-refractivity contribution in [1.82, 2.24) is 15.1 Å². The van der Waals surface area contributed by atoms with E-state index in [-0.39, 0.29) is 29.6 Å². The maximum atomic E-state index is 12.8. The second-order valence-corrected chi connectivity index (χ2v) is 10.1. The molecular weight excluding hydrogens is 386 g/mol. The summed E-state index contributed by atoms with van der Waals surface area (Å²) in [7, 11) is 0. The fourth-order valence-corrected chi connectivity index (χ4v) is 5.64. The number of likely N-dealkylation sites (tertiary alicyclic amines) is 1. The zero-order valence-electron chi connectivity index (χ0n) is 17.8. The van der Waals surface area contributed by atoms with Crippen LogP contribution in [0.25, 0.3) is 0 Å². The SMILES string of the molecule is Cc1ccsc1C(=O)N1CCC2(CC1)CC(N(C(=O)NC(C)C)C1CC1)CCO2. The quantitative estimate of drug-likeness (QED) is 0.808. The first-order valence-electron chi connectivity index (χ1n) is 10.9. The largest absolute Gasteiger partial charge is 0.375 e. The molecule has 2 saturated heterocycles. The Morgan fingerprint density at radius 2 is 1.97 bits per heavy atom. The number of carbonyl (C=O) groups excluding carboxylic acids is 2. The van der Waals surface area contributed by atoms with Crippen molar-refractivity contribution in [1.29, 1.82) is 0 Å². The van der Waals surface area contributed by atoms with E-state index in [1.54, 1.807) is 0 Å². The number of ether oxygens (including phenoxy) is 1. The Balaban J connectivity index is 1.40. The molecule has 6 nitrogen and oxygen atoms in total. The molecule has 3 fully saturated rings. The van der Waals surface area contributed by atoms with Gasteiger partial charge in [0.1, 0.15) is 0 Å². The van der Waals surface area contributed by atoms with Gasteiger partial charge in [-0.1, -0.05) is 0 Å². The molecule has 160 valence electrons. The molecule has 1 N–H and O–H groups in total. The van der Waals surface area contributed by atoms with E-state index in [2.05, 4.69) is 10.2 Å². The average Bonchev–Trinajstić information content (AvgIpc) is 3.41. The van der Waals surface area contributed by atoms with Gasteiger partial charge in [0.15, 0.2) is 0 Å². The number of hydrogen-bond acceptors (Lipinski definition) is 4. The summed E-state index contributed by atoms with van der Waals surface area (Å²) in [6.45, 7) is 8.17. The Kier molecular flexibility index (Phi) is 5.89. The summed E-state index contributed by atoms with van der Waals surface area (Å²) in [5.41, 5.74) is 0.862. The Hall–Kier alpha value is -1.60. The van der Waals surface area contributed by atoms with Crippen LogP contribution in [0, 0.1) is 6.92 Å². The zero-order chi connectivity index (χ0) is 20.6. The summed E-state index contributed by atoms with van der Waals surface area (Å²) in [5, 5.41) is 5.07. The molecule has 1 aliphatic carbocycles. The van der Waals surface area contributed by atoms with Crippen LogP contribution >= 0.6 is 11.3 Å². The third-order valence-electron chi connectivity index (χ3n) is 6.47. The van der Waals surface area contributed by atoms with Crippen molar-refractivity contribution < 1.29 is 14.3 Å². The smallest absolute Gasteiger partial charge is 0.318 e. The Morgan fingerprint density at radius 3 is 2.55 bits per heavy atom. The summed E-state index contributed by atoms with van der Waals surface area (Å²) in [6.07, 6.45) is 5.71. The minimum absolute atomic E-state index is 0.0744. The number of carbonyl (C=O) groups is 2.